The molecule has 0 bridgehead atoms. The maximum Gasteiger partial charge on any atom is 0.335 e. The Morgan fingerprint density at radius 2 is 1.41 bits per heavy atom. The Morgan fingerprint density at radius 3 is 1.94 bits per heavy atom. The van der Waals surface area contributed by atoms with E-state index in [0.29, 0.717) is 28.2 Å². The monoisotopic (exact) mass is 502 g/mol. The van der Waals surface area contributed by atoms with Crippen molar-refractivity contribution in [3.05, 3.63) is 69.7 Å². The molecule has 0 radical (unpaired) electrons. The van der Waals surface area contributed by atoms with Gasteiger partial charge in [-0.1, -0.05) is 28.1 Å². The number of methoxy groups -OCH3 is 2. The second-order valence-corrected chi connectivity index (χ2v) is 7.20. The number of benzene rings is 3. The van der Waals surface area contributed by atoms with Gasteiger partial charge in [-0.3, -0.25) is 9.59 Å². The van der Waals surface area contributed by atoms with Gasteiger partial charge in [-0.25, -0.2) is 4.79 Å². The summed E-state index contributed by atoms with van der Waals surface area (Å²) in [7, 11) is 2.80. The van der Waals surface area contributed by atoms with E-state index in [0.717, 1.165) is 0 Å². The second-order valence-electron chi connectivity index (χ2n) is 6.28. The number of aromatic carboxylic acids is 1. The van der Waals surface area contributed by atoms with Crippen molar-refractivity contribution < 1.29 is 39.2 Å². The van der Waals surface area contributed by atoms with Gasteiger partial charge in [0.05, 0.1) is 30.9 Å². The summed E-state index contributed by atoms with van der Waals surface area (Å²) in [4.78, 5) is 32.3. The van der Waals surface area contributed by atoms with Crippen molar-refractivity contribution in [2.45, 2.75) is 0 Å². The van der Waals surface area contributed by atoms with Gasteiger partial charge in [-0.15, -0.1) is 0 Å². The van der Waals surface area contributed by atoms with Crippen LogP contribution >= 0.6 is 15.9 Å². The predicted octanol–water partition coefficient (Wildman–Crippen LogP) is 4.55. The first-order chi connectivity index (χ1) is 15.2. The molecule has 0 unspecified atom stereocenters. The number of carbonyl (C=O) groups is 3. The summed E-state index contributed by atoms with van der Waals surface area (Å²) in [6, 6.07) is 12.4. The Labute approximate surface area is 191 Å². The van der Waals surface area contributed by atoms with Gasteiger partial charge < -0.3 is 24.8 Å². The number of carboxylic acid groups (broad SMARTS) is 1. The summed E-state index contributed by atoms with van der Waals surface area (Å²) >= 11 is 3.18. The van der Waals surface area contributed by atoms with E-state index in [9.17, 15) is 24.6 Å². The maximum absolute atomic E-state index is 11.0. The molecule has 0 aliphatic carbocycles. The largest absolute Gasteiger partial charge is 0.504 e. The minimum absolute atomic E-state index is 0.0834. The summed E-state index contributed by atoms with van der Waals surface area (Å²) in [6.07, 6.45) is 1.09. The molecule has 3 aromatic rings. The van der Waals surface area contributed by atoms with Crippen LogP contribution in [0.15, 0.2) is 53.0 Å². The lowest BCUT2D eigenvalue weighted by Crippen LogP contribution is -1.96. The number of aldehydes is 2. The van der Waals surface area contributed by atoms with Crippen molar-refractivity contribution in [3.8, 4) is 34.1 Å². The van der Waals surface area contributed by atoms with Gasteiger partial charge in [0.2, 0.25) is 0 Å². The molecule has 0 saturated carbocycles. The topological polar surface area (TPSA) is 130 Å². The number of carboxylic acids is 1. The molecule has 0 aliphatic heterocycles. The molecule has 3 aromatic carbocycles. The molecule has 0 aromatic heterocycles. The van der Waals surface area contributed by atoms with E-state index in [1.54, 1.807) is 24.3 Å². The van der Waals surface area contributed by atoms with Crippen LogP contribution < -0.4 is 9.47 Å². The highest BCUT2D eigenvalue weighted by Crippen LogP contribution is 2.35. The van der Waals surface area contributed by atoms with Gasteiger partial charge in [-0.2, -0.15) is 0 Å². The molecule has 3 rings (SSSR count). The quantitative estimate of drug-likeness (QED) is 0.418. The summed E-state index contributed by atoms with van der Waals surface area (Å²) in [5, 5.41) is 28.1. The Morgan fingerprint density at radius 1 is 0.844 bits per heavy atom. The number of ether oxygens (including phenoxy) is 2. The average Bonchev–Trinajstić information content (AvgIpc) is 2.80. The maximum atomic E-state index is 11.0. The smallest absolute Gasteiger partial charge is 0.335 e. The fourth-order valence-corrected chi connectivity index (χ4v) is 3.17. The molecule has 0 amide bonds. The first-order valence-electron chi connectivity index (χ1n) is 8.97. The molecule has 0 atom stereocenters. The van der Waals surface area contributed by atoms with E-state index in [1.165, 1.54) is 38.5 Å². The second kappa shape index (κ2) is 11.0. The van der Waals surface area contributed by atoms with Crippen LogP contribution in [0.4, 0.5) is 0 Å². The molecule has 32 heavy (non-hydrogen) atoms. The minimum atomic E-state index is -1.03. The molecule has 0 heterocycles. The Balaban J connectivity index is 0.000000258. The number of phenolic OH excluding ortho intramolecular Hbond substituents is 2. The summed E-state index contributed by atoms with van der Waals surface area (Å²) in [5.41, 5.74) is 1.64. The lowest BCUT2D eigenvalue weighted by Gasteiger charge is -2.09. The van der Waals surface area contributed by atoms with Crippen molar-refractivity contribution in [1.82, 2.24) is 0 Å². The SMILES string of the molecule is COc1cc(-c2cccc(C(=O)O)c2)cc(C=O)c1O.COc1cc(Br)cc(C=O)c1O. The van der Waals surface area contributed by atoms with Gasteiger partial charge in [0.25, 0.3) is 0 Å². The molecule has 3 N–H and O–H groups in total. The molecule has 0 aliphatic rings. The fourth-order valence-electron chi connectivity index (χ4n) is 2.71. The third kappa shape index (κ3) is 5.64. The van der Waals surface area contributed by atoms with Crippen molar-refractivity contribution in [1.29, 1.82) is 0 Å². The standard InChI is InChI=1S/C15H12O5.C8H7BrO3/c1-20-13-7-11(6-12(8-16)14(13)17)9-3-2-4-10(5-9)15(18)19;1-12-7-3-6(9)2-5(4-10)8(7)11/h2-8,17H,1H3,(H,18,19);2-4,11H,1H3. The molecule has 0 fully saturated rings. The van der Waals surface area contributed by atoms with Crippen molar-refractivity contribution in [2.24, 2.45) is 0 Å². The molecule has 8 nitrogen and oxygen atoms in total. The third-order valence-electron chi connectivity index (χ3n) is 4.31. The highest BCUT2D eigenvalue weighted by Gasteiger charge is 2.12. The van der Waals surface area contributed by atoms with Crippen LogP contribution in [0.2, 0.25) is 0 Å². The Kier molecular flexibility index (Phi) is 8.37. The van der Waals surface area contributed by atoms with Gasteiger partial charge >= 0.3 is 5.97 Å². The number of halogens is 1. The Bertz CT molecular complexity index is 1160. The number of phenols is 2. The first-order valence-corrected chi connectivity index (χ1v) is 9.76. The zero-order valence-electron chi connectivity index (χ0n) is 17.0. The van der Waals surface area contributed by atoms with Gasteiger partial charge in [0, 0.05) is 4.47 Å². The molecule has 9 heteroatoms. The van der Waals surface area contributed by atoms with Crippen LogP contribution in [0.5, 0.6) is 23.0 Å². The van der Waals surface area contributed by atoms with Crippen LogP contribution in [0.3, 0.4) is 0 Å². The van der Waals surface area contributed by atoms with Crippen molar-refractivity contribution >= 4 is 34.5 Å². The number of hydrogen-bond acceptors (Lipinski definition) is 7. The van der Waals surface area contributed by atoms with Crippen molar-refractivity contribution in [3.63, 3.8) is 0 Å². The van der Waals surface area contributed by atoms with Crippen molar-refractivity contribution in [2.75, 3.05) is 14.2 Å². The van der Waals surface area contributed by atoms with Crippen LogP contribution in [-0.4, -0.2) is 48.1 Å². The van der Waals surface area contributed by atoms with E-state index in [-0.39, 0.29) is 39.7 Å². The third-order valence-corrected chi connectivity index (χ3v) is 4.77. The van der Waals surface area contributed by atoms with Crippen LogP contribution in [-0.2, 0) is 0 Å². The van der Waals surface area contributed by atoms with Crippen LogP contribution in [0.25, 0.3) is 11.1 Å². The lowest BCUT2D eigenvalue weighted by atomic mass is 10.0. The van der Waals surface area contributed by atoms with E-state index in [1.807, 2.05) is 0 Å². The number of rotatable bonds is 6. The molecule has 166 valence electrons. The first kappa shape index (κ1) is 24.4. The average molecular weight is 503 g/mol. The van der Waals surface area contributed by atoms with E-state index < -0.39 is 5.97 Å². The highest BCUT2D eigenvalue weighted by atomic mass is 79.9. The molecular weight excluding hydrogens is 484 g/mol. The number of aromatic hydroxyl groups is 2. The molecule has 0 spiro atoms. The van der Waals surface area contributed by atoms with E-state index >= 15 is 0 Å². The lowest BCUT2D eigenvalue weighted by molar-refractivity contribution is 0.0696. The molecule has 0 saturated heterocycles. The van der Waals surface area contributed by atoms with Gasteiger partial charge in [-0.05, 0) is 47.5 Å². The summed E-state index contributed by atoms with van der Waals surface area (Å²) in [5.74, 6) is -0.957. The predicted molar refractivity (Wildman–Crippen MR) is 120 cm³/mol. The number of hydrogen-bond donors (Lipinski definition) is 3. The van der Waals surface area contributed by atoms with Crippen LogP contribution in [0.1, 0.15) is 31.1 Å². The summed E-state index contributed by atoms with van der Waals surface area (Å²) in [6.45, 7) is 0. The van der Waals surface area contributed by atoms with Gasteiger partial charge in [0.15, 0.2) is 35.6 Å². The number of carbonyl (C=O) groups excluding carboxylic acids is 2. The summed E-state index contributed by atoms with van der Waals surface area (Å²) < 4.78 is 10.5. The van der Waals surface area contributed by atoms with E-state index in [2.05, 4.69) is 15.9 Å². The van der Waals surface area contributed by atoms with E-state index in [4.69, 9.17) is 14.6 Å². The zero-order chi connectivity index (χ0) is 23.8. The Hall–Kier alpha value is -3.85. The normalized spacial score (nSPS) is 9.84. The molecular formula is C23H19BrO8. The minimum Gasteiger partial charge on any atom is -0.504 e. The van der Waals surface area contributed by atoms with Crippen LogP contribution in [0, 0.1) is 0 Å². The van der Waals surface area contributed by atoms with Gasteiger partial charge in [0.1, 0.15) is 0 Å². The zero-order valence-corrected chi connectivity index (χ0v) is 18.6. The highest BCUT2D eigenvalue weighted by molar-refractivity contribution is 9.10. The fraction of sp³-hybridized carbons (Fsp3) is 0.0870.